The molecule has 6 heteroatoms. The van der Waals surface area contributed by atoms with Crippen molar-refractivity contribution in [3.05, 3.63) is 0 Å². The number of alkyl halides is 4. The second kappa shape index (κ2) is 3.58. The topological polar surface area (TPSA) is 12.0 Å². The van der Waals surface area contributed by atoms with Crippen LogP contribution >= 0.6 is 12.4 Å². The van der Waals surface area contributed by atoms with Crippen molar-refractivity contribution in [2.24, 2.45) is 5.92 Å². The Labute approximate surface area is 67.6 Å². The molecule has 68 valence electrons. The summed E-state index contributed by atoms with van der Waals surface area (Å²) < 4.78 is 47.5. The van der Waals surface area contributed by atoms with Gasteiger partial charge >= 0.3 is 6.18 Å². The van der Waals surface area contributed by atoms with Gasteiger partial charge in [0.25, 0.3) is 0 Å². The summed E-state index contributed by atoms with van der Waals surface area (Å²) in [5.41, 5.74) is 0. The SMILES string of the molecule is Cl.F[C@H]1CNC[C@@H]1C(F)(F)F. The zero-order chi connectivity index (χ0) is 7.78. The molecule has 1 aliphatic heterocycles. The van der Waals surface area contributed by atoms with E-state index in [2.05, 4.69) is 5.32 Å². The molecule has 1 fully saturated rings. The number of hydrogen-bond acceptors (Lipinski definition) is 1. The molecule has 2 atom stereocenters. The minimum absolute atomic E-state index is 0. The van der Waals surface area contributed by atoms with E-state index < -0.39 is 18.3 Å². The molecule has 1 nitrogen and oxygen atoms in total. The van der Waals surface area contributed by atoms with Gasteiger partial charge < -0.3 is 5.32 Å². The highest BCUT2D eigenvalue weighted by atomic mass is 35.5. The first-order valence-electron chi connectivity index (χ1n) is 2.93. The predicted molar refractivity (Wildman–Crippen MR) is 34.6 cm³/mol. The Balaban J connectivity index is 0.000001000. The zero-order valence-electron chi connectivity index (χ0n) is 5.49. The second-order valence-corrected chi connectivity index (χ2v) is 2.32. The smallest absolute Gasteiger partial charge is 0.313 e. The summed E-state index contributed by atoms with van der Waals surface area (Å²) in [6.07, 6.45) is -6.15. The molecule has 0 aliphatic carbocycles. The van der Waals surface area contributed by atoms with Crippen LogP contribution in [0, 0.1) is 5.92 Å². The molecule has 0 aromatic rings. The summed E-state index contributed by atoms with van der Waals surface area (Å²) in [5, 5.41) is 2.33. The maximum absolute atomic E-state index is 12.3. The third-order valence-corrected chi connectivity index (χ3v) is 1.56. The van der Waals surface area contributed by atoms with E-state index in [1.807, 2.05) is 0 Å². The highest BCUT2D eigenvalue weighted by molar-refractivity contribution is 5.85. The van der Waals surface area contributed by atoms with Crippen LogP contribution < -0.4 is 5.32 Å². The van der Waals surface area contributed by atoms with Crippen molar-refractivity contribution < 1.29 is 17.6 Å². The van der Waals surface area contributed by atoms with Gasteiger partial charge in [0, 0.05) is 13.1 Å². The van der Waals surface area contributed by atoms with Gasteiger partial charge in [0.2, 0.25) is 0 Å². The van der Waals surface area contributed by atoms with Crippen LogP contribution in [0.2, 0.25) is 0 Å². The average molecular weight is 194 g/mol. The minimum Gasteiger partial charge on any atom is -0.313 e. The largest absolute Gasteiger partial charge is 0.395 e. The Hall–Kier alpha value is -0.0300. The minimum atomic E-state index is -4.39. The first-order chi connectivity index (χ1) is 4.52. The molecular formula is C5H8ClF4N. The van der Waals surface area contributed by atoms with Crippen LogP contribution in [0.5, 0.6) is 0 Å². The average Bonchev–Trinajstić information content (AvgIpc) is 2.11. The van der Waals surface area contributed by atoms with E-state index in [1.54, 1.807) is 0 Å². The van der Waals surface area contributed by atoms with Gasteiger partial charge in [-0.3, -0.25) is 0 Å². The van der Waals surface area contributed by atoms with Crippen molar-refractivity contribution in [3.63, 3.8) is 0 Å². The molecule has 0 amide bonds. The quantitative estimate of drug-likeness (QED) is 0.576. The van der Waals surface area contributed by atoms with Crippen molar-refractivity contribution in [2.75, 3.05) is 13.1 Å². The van der Waals surface area contributed by atoms with Crippen molar-refractivity contribution in [3.8, 4) is 0 Å². The highest BCUT2D eigenvalue weighted by Crippen LogP contribution is 2.31. The summed E-state index contributed by atoms with van der Waals surface area (Å²) in [4.78, 5) is 0. The van der Waals surface area contributed by atoms with Crippen molar-refractivity contribution >= 4 is 12.4 Å². The summed E-state index contributed by atoms with van der Waals surface area (Å²) in [6, 6.07) is 0. The van der Waals surface area contributed by atoms with Crippen LogP contribution in [0.3, 0.4) is 0 Å². The molecule has 1 rings (SSSR count). The number of hydrogen-bond donors (Lipinski definition) is 1. The molecule has 1 aliphatic rings. The lowest BCUT2D eigenvalue weighted by molar-refractivity contribution is -0.180. The Morgan fingerprint density at radius 2 is 1.73 bits per heavy atom. The van der Waals surface area contributed by atoms with E-state index in [0.717, 1.165) is 0 Å². The fraction of sp³-hybridized carbons (Fsp3) is 1.00. The molecule has 0 radical (unpaired) electrons. The van der Waals surface area contributed by atoms with Crippen molar-refractivity contribution in [2.45, 2.75) is 12.3 Å². The highest BCUT2D eigenvalue weighted by Gasteiger charge is 2.47. The van der Waals surface area contributed by atoms with E-state index in [9.17, 15) is 17.6 Å². The van der Waals surface area contributed by atoms with E-state index in [-0.39, 0.29) is 25.5 Å². The Morgan fingerprint density at radius 1 is 1.18 bits per heavy atom. The van der Waals surface area contributed by atoms with Crippen molar-refractivity contribution in [1.29, 1.82) is 0 Å². The number of nitrogens with one attached hydrogen (secondary N) is 1. The van der Waals surface area contributed by atoms with Gasteiger partial charge in [0.15, 0.2) is 0 Å². The lowest BCUT2D eigenvalue weighted by atomic mass is 10.1. The molecule has 1 N–H and O–H groups in total. The van der Waals surface area contributed by atoms with E-state index >= 15 is 0 Å². The van der Waals surface area contributed by atoms with E-state index in [4.69, 9.17) is 0 Å². The van der Waals surface area contributed by atoms with E-state index in [0.29, 0.717) is 0 Å². The molecule has 0 aromatic carbocycles. The zero-order valence-corrected chi connectivity index (χ0v) is 6.31. The lowest BCUT2D eigenvalue weighted by Gasteiger charge is -2.14. The Morgan fingerprint density at radius 3 is 1.91 bits per heavy atom. The normalized spacial score (nSPS) is 31.6. The van der Waals surface area contributed by atoms with Crippen LogP contribution in [-0.4, -0.2) is 25.4 Å². The summed E-state index contributed by atoms with van der Waals surface area (Å²) in [6.45, 7) is -0.463. The second-order valence-electron chi connectivity index (χ2n) is 2.32. The molecule has 0 unspecified atom stereocenters. The Bertz CT molecular complexity index is 126. The third-order valence-electron chi connectivity index (χ3n) is 1.56. The molecule has 0 aromatic heterocycles. The van der Waals surface area contributed by atoms with Gasteiger partial charge in [-0.05, 0) is 0 Å². The fourth-order valence-corrected chi connectivity index (χ4v) is 0.968. The molecule has 1 heterocycles. The van der Waals surface area contributed by atoms with E-state index in [1.165, 1.54) is 0 Å². The lowest BCUT2D eigenvalue weighted by Crippen LogP contribution is -2.30. The molecule has 1 saturated heterocycles. The number of rotatable bonds is 0. The first kappa shape index (κ1) is 11.0. The van der Waals surface area contributed by atoms with Crippen LogP contribution in [0.15, 0.2) is 0 Å². The summed E-state index contributed by atoms with van der Waals surface area (Å²) >= 11 is 0. The van der Waals surface area contributed by atoms with Gasteiger partial charge in [0.1, 0.15) is 6.17 Å². The van der Waals surface area contributed by atoms with Crippen LogP contribution in [0.4, 0.5) is 17.6 Å². The maximum atomic E-state index is 12.3. The van der Waals surface area contributed by atoms with Crippen molar-refractivity contribution in [1.82, 2.24) is 5.32 Å². The van der Waals surface area contributed by atoms with Gasteiger partial charge in [0.05, 0.1) is 5.92 Å². The Kier molecular flexibility index (Phi) is 3.57. The monoisotopic (exact) mass is 193 g/mol. The molecular weight excluding hydrogens is 186 g/mol. The summed E-state index contributed by atoms with van der Waals surface area (Å²) in [7, 11) is 0. The van der Waals surface area contributed by atoms with Crippen LogP contribution in [0.25, 0.3) is 0 Å². The maximum Gasteiger partial charge on any atom is 0.395 e. The first-order valence-corrected chi connectivity index (χ1v) is 2.93. The molecule has 0 bridgehead atoms. The van der Waals surface area contributed by atoms with Crippen LogP contribution in [0.1, 0.15) is 0 Å². The summed E-state index contributed by atoms with van der Waals surface area (Å²) in [5.74, 6) is -1.80. The third kappa shape index (κ3) is 2.48. The molecule has 0 spiro atoms. The van der Waals surface area contributed by atoms with Gasteiger partial charge in [-0.2, -0.15) is 13.2 Å². The number of halogens is 5. The standard InChI is InChI=1S/C5H7F4N.ClH/c6-4-2-10-1-3(4)5(7,8)9;/h3-4,10H,1-2H2;1H/t3-,4-;/m0./s1. The fourth-order valence-electron chi connectivity index (χ4n) is 0.968. The van der Waals surface area contributed by atoms with Gasteiger partial charge in [-0.15, -0.1) is 12.4 Å². The molecule has 11 heavy (non-hydrogen) atoms. The van der Waals surface area contributed by atoms with Gasteiger partial charge in [-0.25, -0.2) is 4.39 Å². The molecule has 0 saturated carbocycles. The predicted octanol–water partition coefficient (Wildman–Crippen LogP) is 1.53. The van der Waals surface area contributed by atoms with Gasteiger partial charge in [-0.1, -0.05) is 0 Å². The van der Waals surface area contributed by atoms with Crippen LogP contribution in [-0.2, 0) is 0 Å².